The second-order valence-corrected chi connectivity index (χ2v) is 9.56. The number of nitrogens with zero attached hydrogens (tertiary/aromatic N) is 2. The number of cyclic esters (lactones) is 1. The fraction of sp³-hybridized carbons (Fsp3) is 0.423. The number of aliphatic hydroxyl groups excluding tert-OH is 1. The Morgan fingerprint density at radius 1 is 1.26 bits per heavy atom. The Kier molecular flexibility index (Phi) is 4.54. The van der Waals surface area contributed by atoms with Gasteiger partial charge in [-0.25, -0.2) is 14.2 Å². The summed E-state index contributed by atoms with van der Waals surface area (Å²) < 4.78 is 21.6. The lowest BCUT2D eigenvalue weighted by Gasteiger charge is -2.31. The zero-order chi connectivity index (χ0) is 23.9. The van der Waals surface area contributed by atoms with Crippen LogP contribution in [0.5, 0.6) is 0 Å². The van der Waals surface area contributed by atoms with Crippen molar-refractivity contribution in [2.75, 3.05) is 6.61 Å². The molecule has 0 fully saturated rings. The van der Waals surface area contributed by atoms with Crippen molar-refractivity contribution >= 4 is 16.9 Å². The van der Waals surface area contributed by atoms with E-state index in [4.69, 9.17) is 9.72 Å². The number of carbonyl (C=O) groups excluding carboxylic acids is 1. The molecule has 3 aliphatic rings. The van der Waals surface area contributed by atoms with Crippen LogP contribution in [-0.4, -0.2) is 32.3 Å². The summed E-state index contributed by atoms with van der Waals surface area (Å²) in [6.45, 7) is 3.59. The Balaban J connectivity index is 1.69. The fourth-order valence-corrected chi connectivity index (χ4v) is 6.10. The van der Waals surface area contributed by atoms with Gasteiger partial charge in [-0.05, 0) is 61.3 Å². The van der Waals surface area contributed by atoms with Crippen LogP contribution in [-0.2, 0) is 34.7 Å². The van der Waals surface area contributed by atoms with Crippen molar-refractivity contribution in [3.63, 3.8) is 0 Å². The molecule has 2 atom stereocenters. The van der Waals surface area contributed by atoms with Gasteiger partial charge < -0.3 is 19.5 Å². The first-order valence-electron chi connectivity index (χ1n) is 11.7. The minimum Gasteiger partial charge on any atom is -0.458 e. The molecule has 1 aliphatic carbocycles. The number of pyridine rings is 2. The molecule has 2 aromatic heterocycles. The predicted molar refractivity (Wildman–Crippen MR) is 122 cm³/mol. The van der Waals surface area contributed by atoms with E-state index in [0.717, 1.165) is 28.5 Å². The molecule has 3 aromatic rings. The summed E-state index contributed by atoms with van der Waals surface area (Å²) in [6, 6.07) is 3.12. The van der Waals surface area contributed by atoms with Gasteiger partial charge in [0.15, 0.2) is 5.60 Å². The predicted octanol–water partition coefficient (Wildman–Crippen LogP) is 2.94. The summed E-state index contributed by atoms with van der Waals surface area (Å²) in [4.78, 5) is 30.7. The number of rotatable bonds is 3. The van der Waals surface area contributed by atoms with Crippen LogP contribution in [0.25, 0.3) is 22.3 Å². The molecule has 0 spiro atoms. The molecule has 0 radical (unpaired) electrons. The number of ether oxygens (including phenoxy) is 1. The van der Waals surface area contributed by atoms with E-state index in [1.807, 2.05) is 0 Å². The molecule has 2 N–H and O–H groups in total. The van der Waals surface area contributed by atoms with Gasteiger partial charge in [-0.1, -0.05) is 6.92 Å². The smallest absolute Gasteiger partial charge is 0.343 e. The fourth-order valence-electron chi connectivity index (χ4n) is 6.10. The van der Waals surface area contributed by atoms with Gasteiger partial charge in [0.05, 0.1) is 29.0 Å². The van der Waals surface area contributed by atoms with Gasteiger partial charge in [0, 0.05) is 29.2 Å². The summed E-state index contributed by atoms with van der Waals surface area (Å²) in [5, 5.41) is 21.7. The lowest BCUT2D eigenvalue weighted by molar-refractivity contribution is -0.172. The second kappa shape index (κ2) is 7.20. The average molecular weight is 464 g/mol. The molecule has 0 amide bonds. The molecule has 1 aromatic carbocycles. The lowest BCUT2D eigenvalue weighted by Crippen LogP contribution is -2.44. The standard InChI is InChI=1S/C26H25FN2O5/c1-3-26(33)17-8-20-23-15(10-29(20)24(31)16(17)11-34-25(26)32)21-13(6-7-30)4-5-14-12(2)18(27)9-19(28-23)22(14)21/h8-9,13,30,33H,3-7,10-11H2,1-2H3/t13-,26-/m0/s1. The molecule has 34 heavy (non-hydrogen) atoms. The number of aromatic nitrogens is 2. The van der Waals surface area contributed by atoms with E-state index in [1.54, 1.807) is 24.5 Å². The summed E-state index contributed by atoms with van der Waals surface area (Å²) >= 11 is 0. The molecule has 7 nitrogen and oxygen atoms in total. The van der Waals surface area contributed by atoms with Gasteiger partial charge >= 0.3 is 5.97 Å². The molecule has 0 unspecified atom stereocenters. The van der Waals surface area contributed by atoms with E-state index >= 15 is 0 Å². The molecule has 176 valence electrons. The highest BCUT2D eigenvalue weighted by Crippen LogP contribution is 2.47. The Labute approximate surface area is 194 Å². The Hall–Kier alpha value is -3.10. The number of carbonyl (C=O) groups is 1. The van der Waals surface area contributed by atoms with Crippen LogP contribution < -0.4 is 5.56 Å². The summed E-state index contributed by atoms with van der Waals surface area (Å²) in [5.74, 6) is -1.01. The van der Waals surface area contributed by atoms with Gasteiger partial charge in [-0.2, -0.15) is 0 Å². The zero-order valence-electron chi connectivity index (χ0n) is 19.1. The molecule has 0 saturated heterocycles. The topological polar surface area (TPSA) is 102 Å². The first-order chi connectivity index (χ1) is 16.3. The third-order valence-electron chi connectivity index (χ3n) is 7.98. The van der Waals surface area contributed by atoms with Crippen molar-refractivity contribution < 1.29 is 24.1 Å². The van der Waals surface area contributed by atoms with Crippen molar-refractivity contribution in [3.05, 3.63) is 61.7 Å². The Morgan fingerprint density at radius 2 is 2.06 bits per heavy atom. The maximum Gasteiger partial charge on any atom is 0.343 e. The van der Waals surface area contributed by atoms with Crippen molar-refractivity contribution in [1.29, 1.82) is 0 Å². The van der Waals surface area contributed by atoms with Gasteiger partial charge in [-0.3, -0.25) is 4.79 Å². The van der Waals surface area contributed by atoms with E-state index in [9.17, 15) is 24.2 Å². The minimum absolute atomic E-state index is 0.0307. The molecular weight excluding hydrogens is 439 g/mol. The monoisotopic (exact) mass is 464 g/mol. The number of aryl methyl sites for hydroxylation is 1. The van der Waals surface area contributed by atoms with E-state index < -0.39 is 11.6 Å². The van der Waals surface area contributed by atoms with Crippen LogP contribution in [0.15, 0.2) is 16.9 Å². The van der Waals surface area contributed by atoms with Crippen LogP contribution in [0.3, 0.4) is 0 Å². The highest BCUT2D eigenvalue weighted by atomic mass is 19.1. The number of fused-ring (bicyclic) bond motifs is 5. The number of esters is 1. The Morgan fingerprint density at radius 3 is 2.79 bits per heavy atom. The third-order valence-corrected chi connectivity index (χ3v) is 7.98. The van der Waals surface area contributed by atoms with E-state index in [1.165, 1.54) is 6.07 Å². The molecule has 2 aliphatic heterocycles. The van der Waals surface area contributed by atoms with Crippen molar-refractivity contribution in [2.24, 2.45) is 0 Å². The molecule has 0 saturated carbocycles. The largest absolute Gasteiger partial charge is 0.458 e. The molecule has 8 heteroatoms. The zero-order valence-corrected chi connectivity index (χ0v) is 19.1. The lowest BCUT2D eigenvalue weighted by atomic mass is 9.77. The highest BCUT2D eigenvalue weighted by Gasteiger charge is 2.45. The van der Waals surface area contributed by atoms with Gasteiger partial charge in [-0.15, -0.1) is 0 Å². The maximum atomic E-state index is 14.8. The number of hydrogen-bond acceptors (Lipinski definition) is 6. The summed E-state index contributed by atoms with van der Waals surface area (Å²) in [5.41, 5.74) is 3.39. The molecule has 4 heterocycles. The Bertz CT molecular complexity index is 1480. The number of benzene rings is 1. The van der Waals surface area contributed by atoms with Crippen molar-refractivity contribution in [3.8, 4) is 11.4 Å². The van der Waals surface area contributed by atoms with E-state index in [-0.39, 0.29) is 48.1 Å². The van der Waals surface area contributed by atoms with Crippen molar-refractivity contribution in [2.45, 2.75) is 64.2 Å². The van der Waals surface area contributed by atoms with Gasteiger partial charge in [0.2, 0.25) is 0 Å². The van der Waals surface area contributed by atoms with Crippen LogP contribution in [0.1, 0.15) is 65.5 Å². The second-order valence-electron chi connectivity index (χ2n) is 9.56. The first kappa shape index (κ1) is 21.4. The summed E-state index contributed by atoms with van der Waals surface area (Å²) in [6.07, 6.45) is 2.13. The van der Waals surface area contributed by atoms with E-state index in [2.05, 4.69) is 0 Å². The van der Waals surface area contributed by atoms with Crippen molar-refractivity contribution in [1.82, 2.24) is 9.55 Å². The highest BCUT2D eigenvalue weighted by molar-refractivity contribution is 5.93. The average Bonchev–Trinajstić information content (AvgIpc) is 3.19. The summed E-state index contributed by atoms with van der Waals surface area (Å²) in [7, 11) is 0. The normalized spacial score (nSPS) is 22.4. The van der Waals surface area contributed by atoms with Crippen LogP contribution >= 0.6 is 0 Å². The number of aliphatic hydroxyl groups is 2. The van der Waals surface area contributed by atoms with Crippen LogP contribution in [0.4, 0.5) is 4.39 Å². The number of hydrogen-bond donors (Lipinski definition) is 2. The maximum absolute atomic E-state index is 14.8. The molecule has 6 rings (SSSR count). The minimum atomic E-state index is -1.90. The van der Waals surface area contributed by atoms with Crippen LogP contribution in [0, 0.1) is 12.7 Å². The van der Waals surface area contributed by atoms with E-state index in [0.29, 0.717) is 41.9 Å². The SMILES string of the molecule is CC[C@@]1(O)C(=O)OCc2c1cc1n(c2=O)Cc2c-1nc1cc(F)c(C)c3c1c2[C@H](CCO)CC3. The number of halogens is 1. The first-order valence-corrected chi connectivity index (χ1v) is 11.7. The van der Waals surface area contributed by atoms with Gasteiger partial charge in [0.25, 0.3) is 5.56 Å². The van der Waals surface area contributed by atoms with Crippen LogP contribution in [0.2, 0.25) is 0 Å². The molecular formula is C26H25FN2O5. The third kappa shape index (κ3) is 2.61. The van der Waals surface area contributed by atoms with Gasteiger partial charge in [0.1, 0.15) is 12.4 Å². The molecule has 0 bridgehead atoms. The quantitative estimate of drug-likeness (QED) is 0.452.